The first kappa shape index (κ1) is 19.5. The Bertz CT molecular complexity index is 1180. The number of benzene rings is 2. The van der Waals surface area contributed by atoms with Gasteiger partial charge in [-0.05, 0) is 74.8 Å². The first-order valence-electron chi connectivity index (χ1n) is 10.9. The molecule has 3 aromatic rings. The average Bonchev–Trinajstić information content (AvgIpc) is 3.52. The van der Waals surface area contributed by atoms with E-state index < -0.39 is 6.09 Å². The minimum atomic E-state index is -0.441. The Kier molecular flexibility index (Phi) is 4.82. The number of aromatic hydroxyl groups is 1. The second-order valence-corrected chi connectivity index (χ2v) is 8.64. The number of hydrogen-bond donors (Lipinski definition) is 2. The van der Waals surface area contributed by atoms with Gasteiger partial charge in [0, 0.05) is 23.2 Å². The highest BCUT2D eigenvalue weighted by Crippen LogP contribution is 2.43. The molecular weight excluding hydrogens is 390 g/mol. The second kappa shape index (κ2) is 7.66. The highest BCUT2D eigenvalue weighted by atomic mass is 16.6. The number of anilines is 1. The Balaban J connectivity index is 1.47. The van der Waals surface area contributed by atoms with Crippen LogP contribution in [0.1, 0.15) is 50.6 Å². The number of carbonyl (C=O) groups is 1. The molecule has 0 unspecified atom stereocenters. The van der Waals surface area contributed by atoms with Crippen LogP contribution >= 0.6 is 0 Å². The van der Waals surface area contributed by atoms with Crippen LogP contribution in [0.4, 0.5) is 10.5 Å². The van der Waals surface area contributed by atoms with Gasteiger partial charge in [0.1, 0.15) is 17.9 Å². The lowest BCUT2D eigenvalue weighted by atomic mass is 9.92. The fourth-order valence-corrected chi connectivity index (χ4v) is 4.41. The Morgan fingerprint density at radius 2 is 1.94 bits per heavy atom. The second-order valence-electron chi connectivity index (χ2n) is 8.64. The zero-order valence-corrected chi connectivity index (χ0v) is 17.5. The molecule has 0 saturated heterocycles. The van der Waals surface area contributed by atoms with Crippen LogP contribution < -0.4 is 5.32 Å². The third-order valence-corrected chi connectivity index (χ3v) is 6.52. The van der Waals surface area contributed by atoms with Crippen LogP contribution in [0.2, 0.25) is 0 Å². The number of aromatic nitrogens is 1. The van der Waals surface area contributed by atoms with Crippen molar-refractivity contribution in [2.75, 3.05) is 5.32 Å². The molecule has 2 aromatic carbocycles. The molecule has 1 atom stereocenters. The van der Waals surface area contributed by atoms with Crippen LogP contribution in [0, 0.1) is 17.2 Å². The van der Waals surface area contributed by atoms with E-state index in [2.05, 4.69) is 16.0 Å². The van der Waals surface area contributed by atoms with Crippen molar-refractivity contribution in [2.45, 2.75) is 51.2 Å². The van der Waals surface area contributed by atoms with Crippen LogP contribution in [-0.2, 0) is 4.74 Å². The fraction of sp³-hybridized carbons (Fsp3) is 0.360. The summed E-state index contributed by atoms with van der Waals surface area (Å²) in [5.41, 5.74) is 3.92. The van der Waals surface area contributed by atoms with E-state index in [4.69, 9.17) is 4.74 Å². The molecule has 6 nitrogen and oxygen atoms in total. The highest BCUT2D eigenvalue weighted by molar-refractivity contribution is 5.95. The minimum absolute atomic E-state index is 0.0629. The largest absolute Gasteiger partial charge is 0.508 e. The van der Waals surface area contributed by atoms with Gasteiger partial charge >= 0.3 is 6.09 Å². The van der Waals surface area contributed by atoms with E-state index in [0.29, 0.717) is 23.2 Å². The number of rotatable bonds is 5. The van der Waals surface area contributed by atoms with Gasteiger partial charge in [-0.3, -0.25) is 5.32 Å². The quantitative estimate of drug-likeness (QED) is 0.538. The molecule has 2 N–H and O–H groups in total. The predicted molar refractivity (Wildman–Crippen MR) is 119 cm³/mol. The van der Waals surface area contributed by atoms with Crippen molar-refractivity contribution in [1.82, 2.24) is 4.57 Å². The van der Waals surface area contributed by atoms with E-state index in [1.165, 1.54) is 0 Å². The van der Waals surface area contributed by atoms with Gasteiger partial charge in [0.15, 0.2) is 0 Å². The number of fused-ring (bicyclic) bond motifs is 1. The molecule has 0 radical (unpaired) electrons. The standard InChI is InChI=1S/C25H25N3O3/c1-15(16-5-6-16)31-25(30)27-18-9-7-17(8-10-18)24-22(14-26)21-12-11-20(29)13-23(21)28(24)19-3-2-4-19/h7-13,15-16,19,29H,2-6H2,1H3,(H,27,30)/t15-/m1/s1. The molecule has 158 valence electrons. The fourth-order valence-electron chi connectivity index (χ4n) is 4.41. The van der Waals surface area contributed by atoms with Gasteiger partial charge in [-0.2, -0.15) is 5.26 Å². The molecule has 2 saturated carbocycles. The molecule has 1 amide bonds. The van der Waals surface area contributed by atoms with Crippen LogP contribution in [0.25, 0.3) is 22.2 Å². The molecule has 0 aliphatic heterocycles. The molecule has 6 heteroatoms. The third kappa shape index (κ3) is 3.61. The smallest absolute Gasteiger partial charge is 0.411 e. The summed E-state index contributed by atoms with van der Waals surface area (Å²) >= 11 is 0. The lowest BCUT2D eigenvalue weighted by Gasteiger charge is -2.30. The number of nitrogens with one attached hydrogen (secondary N) is 1. The highest BCUT2D eigenvalue weighted by Gasteiger charge is 2.31. The Morgan fingerprint density at radius 3 is 2.55 bits per heavy atom. The summed E-state index contributed by atoms with van der Waals surface area (Å²) < 4.78 is 7.63. The molecule has 31 heavy (non-hydrogen) atoms. The molecule has 2 aliphatic carbocycles. The van der Waals surface area contributed by atoms with Crippen molar-refractivity contribution >= 4 is 22.7 Å². The SMILES string of the molecule is C[C@@H](OC(=O)Nc1ccc(-c2c(C#N)c3ccc(O)cc3n2C2CCC2)cc1)C1CC1. The van der Waals surface area contributed by atoms with Crippen molar-refractivity contribution in [3.63, 3.8) is 0 Å². The van der Waals surface area contributed by atoms with E-state index in [-0.39, 0.29) is 11.9 Å². The van der Waals surface area contributed by atoms with Crippen molar-refractivity contribution in [3.05, 3.63) is 48.0 Å². The maximum absolute atomic E-state index is 12.1. The molecule has 1 aromatic heterocycles. The maximum atomic E-state index is 12.1. The molecule has 2 aliphatic rings. The summed E-state index contributed by atoms with van der Waals surface area (Å²) in [4.78, 5) is 12.1. The number of hydrogen-bond acceptors (Lipinski definition) is 4. The normalized spacial score (nSPS) is 17.0. The van der Waals surface area contributed by atoms with Gasteiger partial charge in [0.2, 0.25) is 0 Å². The van der Waals surface area contributed by atoms with Gasteiger partial charge in [0.25, 0.3) is 0 Å². The molecule has 2 fully saturated rings. The number of phenolic OH excluding ortho intramolecular Hbond substituents is 1. The van der Waals surface area contributed by atoms with Crippen LogP contribution in [0.15, 0.2) is 42.5 Å². The van der Waals surface area contributed by atoms with E-state index in [9.17, 15) is 15.2 Å². The van der Waals surface area contributed by atoms with Crippen LogP contribution in [-0.4, -0.2) is 21.9 Å². The van der Waals surface area contributed by atoms with E-state index in [1.54, 1.807) is 12.1 Å². The average molecular weight is 415 g/mol. The topological polar surface area (TPSA) is 87.3 Å². The predicted octanol–water partition coefficient (Wildman–Crippen LogP) is 5.96. The van der Waals surface area contributed by atoms with Crippen LogP contribution in [0.5, 0.6) is 5.75 Å². The van der Waals surface area contributed by atoms with Gasteiger partial charge < -0.3 is 14.4 Å². The number of carbonyl (C=O) groups excluding carboxylic acids is 1. The maximum Gasteiger partial charge on any atom is 0.411 e. The summed E-state index contributed by atoms with van der Waals surface area (Å²) in [5, 5.41) is 23.6. The van der Waals surface area contributed by atoms with E-state index >= 15 is 0 Å². The van der Waals surface area contributed by atoms with Crippen molar-refractivity contribution in [3.8, 4) is 23.1 Å². The summed E-state index contributed by atoms with van der Waals surface area (Å²) in [6.45, 7) is 1.93. The van der Waals surface area contributed by atoms with E-state index in [0.717, 1.165) is 54.3 Å². The van der Waals surface area contributed by atoms with Crippen molar-refractivity contribution in [2.24, 2.45) is 5.92 Å². The zero-order valence-electron chi connectivity index (χ0n) is 17.5. The Hall–Kier alpha value is -3.46. The molecule has 5 rings (SSSR count). The minimum Gasteiger partial charge on any atom is -0.508 e. The molecule has 0 spiro atoms. The monoisotopic (exact) mass is 415 g/mol. The zero-order chi connectivity index (χ0) is 21.5. The van der Waals surface area contributed by atoms with Gasteiger partial charge in [-0.15, -0.1) is 0 Å². The van der Waals surface area contributed by atoms with Gasteiger partial charge in [0.05, 0.1) is 16.8 Å². The summed E-state index contributed by atoms with van der Waals surface area (Å²) in [5.74, 6) is 0.686. The first-order valence-corrected chi connectivity index (χ1v) is 10.9. The molecular formula is C25H25N3O3. The number of amides is 1. The summed E-state index contributed by atoms with van der Waals surface area (Å²) in [6.07, 6.45) is 5.02. The number of nitriles is 1. The Morgan fingerprint density at radius 1 is 1.19 bits per heavy atom. The van der Waals surface area contributed by atoms with Crippen molar-refractivity contribution < 1.29 is 14.6 Å². The Labute approximate surface area is 181 Å². The van der Waals surface area contributed by atoms with Gasteiger partial charge in [-0.1, -0.05) is 12.1 Å². The number of phenols is 1. The van der Waals surface area contributed by atoms with Crippen LogP contribution in [0.3, 0.4) is 0 Å². The number of ether oxygens (including phenoxy) is 1. The van der Waals surface area contributed by atoms with Gasteiger partial charge in [-0.25, -0.2) is 4.79 Å². The van der Waals surface area contributed by atoms with Crippen molar-refractivity contribution in [1.29, 1.82) is 5.26 Å². The molecule has 0 bridgehead atoms. The summed E-state index contributed by atoms with van der Waals surface area (Å²) in [6, 6.07) is 15.4. The summed E-state index contributed by atoms with van der Waals surface area (Å²) in [7, 11) is 0. The number of nitrogens with zero attached hydrogens (tertiary/aromatic N) is 2. The molecule has 1 heterocycles. The first-order chi connectivity index (χ1) is 15.0. The van der Waals surface area contributed by atoms with E-state index in [1.807, 2.05) is 37.3 Å². The lowest BCUT2D eigenvalue weighted by Crippen LogP contribution is -2.21. The third-order valence-electron chi connectivity index (χ3n) is 6.52. The lowest BCUT2D eigenvalue weighted by molar-refractivity contribution is 0.108.